The summed E-state index contributed by atoms with van der Waals surface area (Å²) in [5.41, 5.74) is 1.31. The number of hydrogen-bond acceptors (Lipinski definition) is 3. The highest BCUT2D eigenvalue weighted by atomic mass is 16.2. The van der Waals surface area contributed by atoms with E-state index in [1.54, 1.807) is 0 Å². The molecular weight excluding hydrogens is 278 g/mol. The van der Waals surface area contributed by atoms with E-state index in [9.17, 15) is 9.59 Å². The Bertz CT molecular complexity index is 482. The van der Waals surface area contributed by atoms with E-state index < -0.39 is 11.8 Å². The first-order chi connectivity index (χ1) is 10.7. The number of nitrogens with one attached hydrogen (secondary N) is 2. The van der Waals surface area contributed by atoms with Gasteiger partial charge in [-0.05, 0) is 24.8 Å². The Kier molecular flexibility index (Phi) is 6.40. The maximum Gasteiger partial charge on any atom is 0.309 e. The van der Waals surface area contributed by atoms with Crippen molar-refractivity contribution in [2.24, 2.45) is 0 Å². The Hall–Kier alpha value is -1.88. The van der Waals surface area contributed by atoms with E-state index in [-0.39, 0.29) is 6.04 Å². The lowest BCUT2D eigenvalue weighted by Gasteiger charge is -2.32. The zero-order valence-electron chi connectivity index (χ0n) is 13.2. The normalized spacial score (nSPS) is 16.2. The highest BCUT2D eigenvalue weighted by Crippen LogP contribution is 2.13. The van der Waals surface area contributed by atoms with Gasteiger partial charge in [0.1, 0.15) is 0 Å². The van der Waals surface area contributed by atoms with Gasteiger partial charge in [-0.25, -0.2) is 0 Å². The Labute approximate surface area is 132 Å². The standard InChI is InChI=1S/C17H25N3O2/c1-2-10-18-16(21)17(22)19-15-8-11-20(12-9-15)13-14-6-4-3-5-7-14/h3-7,15H,2,8-13H2,1H3,(H,18,21)(H,19,22). The molecule has 120 valence electrons. The summed E-state index contributed by atoms with van der Waals surface area (Å²) in [6.45, 7) is 5.33. The van der Waals surface area contributed by atoms with Crippen LogP contribution in [0, 0.1) is 0 Å². The van der Waals surface area contributed by atoms with Crippen molar-refractivity contribution in [1.82, 2.24) is 15.5 Å². The van der Waals surface area contributed by atoms with Crippen LogP contribution in [-0.2, 0) is 16.1 Å². The molecule has 0 bridgehead atoms. The van der Waals surface area contributed by atoms with E-state index in [1.165, 1.54) is 5.56 Å². The van der Waals surface area contributed by atoms with Gasteiger partial charge < -0.3 is 10.6 Å². The molecule has 1 aromatic carbocycles. The molecule has 2 amide bonds. The Morgan fingerprint density at radius 2 is 1.82 bits per heavy atom. The van der Waals surface area contributed by atoms with Crippen LogP contribution < -0.4 is 10.6 Å². The van der Waals surface area contributed by atoms with Crippen LogP contribution in [0.15, 0.2) is 30.3 Å². The van der Waals surface area contributed by atoms with Crippen LogP contribution in [0.2, 0.25) is 0 Å². The van der Waals surface area contributed by atoms with Crippen LogP contribution in [0.5, 0.6) is 0 Å². The molecule has 0 unspecified atom stereocenters. The van der Waals surface area contributed by atoms with Gasteiger partial charge in [0.15, 0.2) is 0 Å². The number of likely N-dealkylation sites (tertiary alicyclic amines) is 1. The molecule has 0 aliphatic carbocycles. The maximum absolute atomic E-state index is 11.8. The lowest BCUT2D eigenvalue weighted by molar-refractivity contribution is -0.139. The van der Waals surface area contributed by atoms with Crippen molar-refractivity contribution >= 4 is 11.8 Å². The Morgan fingerprint density at radius 3 is 2.45 bits per heavy atom. The minimum absolute atomic E-state index is 0.104. The highest BCUT2D eigenvalue weighted by molar-refractivity contribution is 6.35. The van der Waals surface area contributed by atoms with Crippen LogP contribution in [0.25, 0.3) is 0 Å². The summed E-state index contributed by atoms with van der Waals surface area (Å²) >= 11 is 0. The first-order valence-corrected chi connectivity index (χ1v) is 8.04. The first-order valence-electron chi connectivity index (χ1n) is 8.04. The van der Waals surface area contributed by atoms with Crippen molar-refractivity contribution in [1.29, 1.82) is 0 Å². The van der Waals surface area contributed by atoms with Gasteiger partial charge in [0.2, 0.25) is 0 Å². The second-order valence-electron chi connectivity index (χ2n) is 5.77. The van der Waals surface area contributed by atoms with Crippen LogP contribution in [0.4, 0.5) is 0 Å². The van der Waals surface area contributed by atoms with Crippen molar-refractivity contribution in [2.75, 3.05) is 19.6 Å². The number of carbonyl (C=O) groups excluding carboxylic acids is 2. The fraction of sp³-hybridized carbons (Fsp3) is 0.529. The van der Waals surface area contributed by atoms with Crippen LogP contribution >= 0.6 is 0 Å². The second-order valence-corrected chi connectivity index (χ2v) is 5.77. The number of benzene rings is 1. The number of nitrogens with zero attached hydrogens (tertiary/aromatic N) is 1. The van der Waals surface area contributed by atoms with Gasteiger partial charge in [-0.2, -0.15) is 0 Å². The molecule has 0 spiro atoms. The van der Waals surface area contributed by atoms with E-state index in [0.29, 0.717) is 6.54 Å². The molecule has 1 fully saturated rings. The largest absolute Gasteiger partial charge is 0.348 e. The lowest BCUT2D eigenvalue weighted by Crippen LogP contribution is -2.49. The molecule has 2 N–H and O–H groups in total. The SMILES string of the molecule is CCCNC(=O)C(=O)NC1CCN(Cc2ccccc2)CC1. The van der Waals surface area contributed by atoms with Crippen LogP contribution in [0.3, 0.4) is 0 Å². The molecule has 5 nitrogen and oxygen atoms in total. The summed E-state index contributed by atoms with van der Waals surface area (Å²) in [6, 6.07) is 10.5. The predicted molar refractivity (Wildman–Crippen MR) is 86.2 cm³/mol. The zero-order chi connectivity index (χ0) is 15.8. The average molecular weight is 303 g/mol. The summed E-state index contributed by atoms with van der Waals surface area (Å²) in [6.07, 6.45) is 2.61. The van der Waals surface area contributed by atoms with E-state index in [4.69, 9.17) is 0 Å². The van der Waals surface area contributed by atoms with E-state index >= 15 is 0 Å². The molecule has 2 rings (SSSR count). The Balaban J connectivity index is 1.71. The quantitative estimate of drug-likeness (QED) is 0.806. The monoisotopic (exact) mass is 303 g/mol. The number of carbonyl (C=O) groups is 2. The van der Waals surface area contributed by atoms with Crippen molar-refractivity contribution in [3.05, 3.63) is 35.9 Å². The molecule has 1 heterocycles. The summed E-state index contributed by atoms with van der Waals surface area (Å²) in [4.78, 5) is 25.7. The van der Waals surface area contributed by atoms with E-state index in [1.807, 2.05) is 13.0 Å². The van der Waals surface area contributed by atoms with Crippen molar-refractivity contribution in [3.8, 4) is 0 Å². The third-order valence-electron chi connectivity index (χ3n) is 3.91. The fourth-order valence-corrected chi connectivity index (χ4v) is 2.65. The number of piperidine rings is 1. The van der Waals surface area contributed by atoms with E-state index in [0.717, 1.165) is 38.9 Å². The van der Waals surface area contributed by atoms with Gasteiger partial charge in [0, 0.05) is 32.2 Å². The predicted octanol–water partition coefficient (Wildman–Crippen LogP) is 1.29. The van der Waals surface area contributed by atoms with Gasteiger partial charge in [-0.15, -0.1) is 0 Å². The van der Waals surface area contributed by atoms with Crippen molar-refractivity contribution < 1.29 is 9.59 Å². The van der Waals surface area contributed by atoms with Gasteiger partial charge in [-0.3, -0.25) is 14.5 Å². The molecule has 0 radical (unpaired) electrons. The minimum Gasteiger partial charge on any atom is -0.348 e. The van der Waals surface area contributed by atoms with Gasteiger partial charge in [0.25, 0.3) is 0 Å². The molecule has 0 atom stereocenters. The fourth-order valence-electron chi connectivity index (χ4n) is 2.65. The Morgan fingerprint density at radius 1 is 1.14 bits per heavy atom. The molecule has 1 aliphatic rings. The number of rotatable bonds is 5. The first kappa shape index (κ1) is 16.5. The van der Waals surface area contributed by atoms with Crippen molar-refractivity contribution in [3.63, 3.8) is 0 Å². The summed E-state index contributed by atoms with van der Waals surface area (Å²) in [7, 11) is 0. The minimum atomic E-state index is -0.520. The second kappa shape index (κ2) is 8.54. The molecule has 1 aliphatic heterocycles. The van der Waals surface area contributed by atoms with Gasteiger partial charge in [0.05, 0.1) is 0 Å². The summed E-state index contributed by atoms with van der Waals surface area (Å²) in [5.74, 6) is -1.02. The third kappa shape index (κ3) is 5.15. The summed E-state index contributed by atoms with van der Waals surface area (Å²) in [5, 5.41) is 5.44. The molecular formula is C17H25N3O2. The average Bonchev–Trinajstić information content (AvgIpc) is 2.55. The molecule has 0 aromatic heterocycles. The van der Waals surface area contributed by atoms with Crippen LogP contribution in [-0.4, -0.2) is 42.4 Å². The molecule has 0 saturated carbocycles. The molecule has 1 aromatic rings. The van der Waals surface area contributed by atoms with Gasteiger partial charge >= 0.3 is 11.8 Å². The number of amides is 2. The lowest BCUT2D eigenvalue weighted by atomic mass is 10.0. The zero-order valence-corrected chi connectivity index (χ0v) is 13.2. The smallest absolute Gasteiger partial charge is 0.309 e. The van der Waals surface area contributed by atoms with Crippen LogP contribution in [0.1, 0.15) is 31.7 Å². The molecule has 22 heavy (non-hydrogen) atoms. The summed E-state index contributed by atoms with van der Waals surface area (Å²) < 4.78 is 0. The highest BCUT2D eigenvalue weighted by Gasteiger charge is 2.23. The molecule has 1 saturated heterocycles. The number of hydrogen-bond donors (Lipinski definition) is 2. The molecule has 5 heteroatoms. The third-order valence-corrected chi connectivity index (χ3v) is 3.91. The van der Waals surface area contributed by atoms with Gasteiger partial charge in [-0.1, -0.05) is 37.3 Å². The maximum atomic E-state index is 11.8. The van der Waals surface area contributed by atoms with E-state index in [2.05, 4.69) is 39.8 Å². The topological polar surface area (TPSA) is 61.4 Å². The van der Waals surface area contributed by atoms with Crippen molar-refractivity contribution in [2.45, 2.75) is 38.8 Å².